The van der Waals surface area contributed by atoms with Crippen molar-refractivity contribution in [2.45, 2.75) is 50.5 Å². The van der Waals surface area contributed by atoms with Crippen molar-refractivity contribution in [1.82, 2.24) is 0 Å². The van der Waals surface area contributed by atoms with E-state index in [1.165, 1.54) is 0 Å². The molecule has 0 radical (unpaired) electrons. The highest BCUT2D eigenvalue weighted by molar-refractivity contribution is 7.86. The Morgan fingerprint density at radius 1 is 1.03 bits per heavy atom. The molecule has 2 aliphatic rings. The van der Waals surface area contributed by atoms with Gasteiger partial charge >= 0.3 is 10.0 Å². The Labute approximate surface area is 186 Å². The molecule has 168 valence electrons. The smallest absolute Gasteiger partial charge is 0.304 e. The number of hydrogen-bond donors (Lipinski definition) is 0. The summed E-state index contributed by atoms with van der Waals surface area (Å²) >= 11 is 0. The Kier molecular flexibility index (Phi) is 6.70. The fourth-order valence-electron chi connectivity index (χ4n) is 4.93. The second-order valence-electron chi connectivity index (χ2n) is 9.15. The van der Waals surface area contributed by atoms with Crippen LogP contribution in [0.2, 0.25) is 0 Å². The van der Waals surface area contributed by atoms with E-state index in [2.05, 4.69) is 6.92 Å². The molecule has 2 aliphatic heterocycles. The lowest BCUT2D eigenvalue weighted by atomic mass is 9.95. The highest BCUT2D eigenvalue weighted by Gasteiger charge is 2.47. The van der Waals surface area contributed by atoms with Crippen LogP contribution in [0.3, 0.4) is 0 Å². The van der Waals surface area contributed by atoms with Crippen molar-refractivity contribution in [2.75, 3.05) is 26.8 Å². The fraction of sp³-hybridized carbons (Fsp3) is 0.520. The molecule has 3 unspecified atom stereocenters. The van der Waals surface area contributed by atoms with Crippen molar-refractivity contribution < 1.29 is 21.8 Å². The lowest BCUT2D eigenvalue weighted by molar-refractivity contribution is -0.802. The third-order valence-corrected chi connectivity index (χ3v) is 9.70. The molecule has 0 aliphatic carbocycles. The van der Waals surface area contributed by atoms with E-state index < -0.39 is 15.3 Å². The summed E-state index contributed by atoms with van der Waals surface area (Å²) < 4.78 is 38.8. The molecule has 3 atom stereocenters. The maximum Gasteiger partial charge on any atom is 0.304 e. The van der Waals surface area contributed by atoms with Gasteiger partial charge in [-0.2, -0.15) is 8.42 Å². The molecule has 0 aromatic heterocycles. The third kappa shape index (κ3) is 4.81. The first-order chi connectivity index (χ1) is 14.9. The summed E-state index contributed by atoms with van der Waals surface area (Å²) in [6, 6.07) is 17.6. The van der Waals surface area contributed by atoms with Gasteiger partial charge in [-0.15, -0.1) is 0 Å². The van der Waals surface area contributed by atoms with Gasteiger partial charge in [0.1, 0.15) is 17.5 Å². The monoisotopic (exact) mass is 444 g/mol. The molecule has 2 heterocycles. The summed E-state index contributed by atoms with van der Waals surface area (Å²) in [4.78, 5) is 0. The first kappa shape index (κ1) is 22.3. The minimum Gasteiger partial charge on any atom is -0.490 e. The molecule has 2 aromatic carbocycles. The quantitative estimate of drug-likeness (QED) is 0.607. The molecule has 6 heteroatoms. The van der Waals surface area contributed by atoms with E-state index in [0.29, 0.717) is 25.4 Å². The molecule has 0 N–H and O–H groups in total. The number of sulfonamides is 1. The van der Waals surface area contributed by atoms with Gasteiger partial charge in [0, 0.05) is 18.8 Å². The Morgan fingerprint density at radius 2 is 1.71 bits per heavy atom. The van der Waals surface area contributed by atoms with Gasteiger partial charge in [0.15, 0.2) is 0 Å². The van der Waals surface area contributed by atoms with E-state index in [-0.39, 0.29) is 9.99 Å². The lowest BCUT2D eigenvalue weighted by Gasteiger charge is -2.40. The largest absolute Gasteiger partial charge is 0.490 e. The molecule has 2 aromatic rings. The topological polar surface area (TPSA) is 52.6 Å². The first-order valence-electron chi connectivity index (χ1n) is 11.4. The van der Waals surface area contributed by atoms with Gasteiger partial charge in [-0.3, -0.25) is 0 Å². The van der Waals surface area contributed by atoms with Crippen LogP contribution in [0.1, 0.15) is 49.0 Å². The van der Waals surface area contributed by atoms with Gasteiger partial charge in [0.05, 0.1) is 19.7 Å². The summed E-state index contributed by atoms with van der Waals surface area (Å²) in [6.07, 6.45) is 3.81. The molecule has 31 heavy (non-hydrogen) atoms. The Hall–Kier alpha value is -1.89. The molecule has 0 bridgehead atoms. The maximum absolute atomic E-state index is 13.6. The zero-order valence-corrected chi connectivity index (χ0v) is 19.4. The molecule has 0 amide bonds. The van der Waals surface area contributed by atoms with E-state index >= 15 is 0 Å². The van der Waals surface area contributed by atoms with Gasteiger partial charge < -0.3 is 9.47 Å². The number of benzene rings is 2. The summed E-state index contributed by atoms with van der Waals surface area (Å²) in [7, 11) is -1.50. The van der Waals surface area contributed by atoms with Crippen molar-refractivity contribution in [3.63, 3.8) is 0 Å². The van der Waals surface area contributed by atoms with E-state index in [1.807, 2.05) is 61.6 Å². The van der Waals surface area contributed by atoms with Crippen LogP contribution in [0.4, 0.5) is 0 Å². The van der Waals surface area contributed by atoms with Gasteiger partial charge in [-0.05, 0) is 68.4 Å². The zero-order valence-electron chi connectivity index (χ0n) is 18.6. The van der Waals surface area contributed by atoms with Crippen molar-refractivity contribution >= 4 is 10.0 Å². The van der Waals surface area contributed by atoms with Crippen LogP contribution >= 0.6 is 0 Å². The van der Waals surface area contributed by atoms with Crippen molar-refractivity contribution in [3.8, 4) is 5.75 Å². The standard InChI is InChI=1S/C25H34NO4S/c1-20(22-14-17-29-18-15-22)30-24-12-10-21(11-13-24)19-26(2)16-6-9-25(31(26,27)28)23-7-4-3-5-8-23/h3-5,7-8,10-13,20,22,25H,6,9,14-19H2,1-2H3/q+1. The number of hydrogen-bond acceptors (Lipinski definition) is 4. The van der Waals surface area contributed by atoms with Crippen LogP contribution in [0.25, 0.3) is 0 Å². The number of rotatable bonds is 6. The fourth-order valence-corrected chi connectivity index (χ4v) is 7.22. The summed E-state index contributed by atoms with van der Waals surface area (Å²) in [6.45, 7) is 4.87. The molecule has 5 nitrogen and oxygen atoms in total. The summed E-state index contributed by atoms with van der Waals surface area (Å²) in [5, 5.41) is -0.435. The molecular formula is C25H34NO4S+. The van der Waals surface area contributed by atoms with Crippen LogP contribution in [-0.4, -0.2) is 45.2 Å². The van der Waals surface area contributed by atoms with E-state index in [1.54, 1.807) is 0 Å². The third-order valence-electron chi connectivity index (χ3n) is 6.93. The molecule has 0 spiro atoms. The maximum atomic E-state index is 13.6. The highest BCUT2D eigenvalue weighted by atomic mass is 32.2. The first-order valence-corrected chi connectivity index (χ1v) is 12.9. The van der Waals surface area contributed by atoms with Gasteiger partial charge in [0.2, 0.25) is 0 Å². The van der Waals surface area contributed by atoms with Crippen LogP contribution in [-0.2, 0) is 21.3 Å². The minimum absolute atomic E-state index is 0.0469. The van der Waals surface area contributed by atoms with Crippen LogP contribution < -0.4 is 4.74 Å². The molecule has 4 rings (SSSR count). The van der Waals surface area contributed by atoms with E-state index in [0.717, 1.165) is 49.4 Å². The van der Waals surface area contributed by atoms with Crippen LogP contribution in [0.5, 0.6) is 5.75 Å². The Morgan fingerprint density at radius 3 is 2.39 bits per heavy atom. The SMILES string of the molecule is CC(Oc1ccc(C[N+]2(C)CCCC(c3ccccc3)S2(=O)=O)cc1)C1CCOCC1. The molecule has 2 saturated heterocycles. The number of quaternary nitrogens is 1. The second-order valence-corrected chi connectivity index (χ2v) is 11.6. The van der Waals surface area contributed by atoms with Gasteiger partial charge in [0.25, 0.3) is 0 Å². The Bertz CT molecular complexity index is 955. The highest BCUT2D eigenvalue weighted by Crippen LogP contribution is 2.39. The number of ether oxygens (including phenoxy) is 2. The predicted octanol–water partition coefficient (Wildman–Crippen LogP) is 4.69. The van der Waals surface area contributed by atoms with Crippen LogP contribution in [0, 0.1) is 5.92 Å². The second kappa shape index (κ2) is 9.31. The summed E-state index contributed by atoms with van der Waals surface area (Å²) in [5.41, 5.74) is 1.92. The number of nitrogens with zero attached hydrogens (tertiary/aromatic N) is 1. The van der Waals surface area contributed by atoms with E-state index in [9.17, 15) is 8.42 Å². The van der Waals surface area contributed by atoms with Crippen molar-refractivity contribution in [3.05, 3.63) is 65.7 Å². The molecule has 0 saturated carbocycles. The minimum atomic E-state index is -3.36. The van der Waals surface area contributed by atoms with Crippen molar-refractivity contribution in [1.29, 1.82) is 0 Å². The average Bonchev–Trinajstić information content (AvgIpc) is 2.78. The molecule has 2 fully saturated rings. The lowest BCUT2D eigenvalue weighted by Crippen LogP contribution is -2.53. The Balaban J connectivity index is 1.45. The van der Waals surface area contributed by atoms with Crippen molar-refractivity contribution in [2.24, 2.45) is 5.92 Å². The summed E-state index contributed by atoms with van der Waals surface area (Å²) in [5.74, 6) is 1.36. The zero-order chi connectivity index (χ0) is 21.9. The predicted molar refractivity (Wildman–Crippen MR) is 122 cm³/mol. The normalized spacial score (nSPS) is 27.5. The van der Waals surface area contributed by atoms with Gasteiger partial charge in [-0.25, -0.2) is 3.89 Å². The van der Waals surface area contributed by atoms with Crippen LogP contribution in [0.15, 0.2) is 54.6 Å². The van der Waals surface area contributed by atoms with Gasteiger partial charge in [-0.1, -0.05) is 30.3 Å². The average molecular weight is 445 g/mol. The van der Waals surface area contributed by atoms with E-state index in [4.69, 9.17) is 9.47 Å². The molecular weight excluding hydrogens is 410 g/mol.